The Balaban J connectivity index is 2.58. The highest BCUT2D eigenvalue weighted by atomic mass is 79.9. The summed E-state index contributed by atoms with van der Waals surface area (Å²) in [5.74, 6) is 1.17. The van der Waals surface area contributed by atoms with Gasteiger partial charge in [-0.2, -0.15) is 0 Å². The van der Waals surface area contributed by atoms with Crippen molar-refractivity contribution in [1.29, 1.82) is 0 Å². The van der Waals surface area contributed by atoms with Gasteiger partial charge in [0.2, 0.25) is 0 Å². The fourth-order valence-electron chi connectivity index (χ4n) is 2.03. The largest absolute Gasteiger partial charge is 0.496 e. The van der Waals surface area contributed by atoms with Crippen molar-refractivity contribution in [2.75, 3.05) is 14.2 Å². The summed E-state index contributed by atoms with van der Waals surface area (Å²) in [4.78, 5) is 0. The molecule has 2 aromatic carbocycles. The molecule has 20 heavy (non-hydrogen) atoms. The van der Waals surface area contributed by atoms with Crippen LogP contribution >= 0.6 is 31.9 Å². The molecule has 0 heterocycles. The number of halogens is 2. The molecule has 0 aliphatic carbocycles. The van der Waals surface area contributed by atoms with Gasteiger partial charge in [0, 0.05) is 14.5 Å². The summed E-state index contributed by atoms with van der Waals surface area (Å²) in [6.45, 7) is 0. The van der Waals surface area contributed by atoms with Gasteiger partial charge in [0.05, 0.1) is 19.8 Å². The van der Waals surface area contributed by atoms with Crippen molar-refractivity contribution in [1.82, 2.24) is 0 Å². The second-order valence-corrected chi connectivity index (χ2v) is 5.91. The van der Waals surface area contributed by atoms with Crippen LogP contribution in [0.4, 0.5) is 0 Å². The standard InChI is InChI=1S/C15H14Br2O3/c1-19-12-4-3-5-13(20-2)14(12)15(18)10-8-9(16)6-7-11(10)17/h3-8,15,18H,1-2H3. The van der Waals surface area contributed by atoms with Gasteiger partial charge >= 0.3 is 0 Å². The summed E-state index contributed by atoms with van der Waals surface area (Å²) in [6.07, 6.45) is -0.854. The molecule has 0 aromatic heterocycles. The predicted octanol–water partition coefficient (Wildman–Crippen LogP) is 4.31. The number of hydrogen-bond acceptors (Lipinski definition) is 3. The zero-order valence-electron chi connectivity index (χ0n) is 11.1. The number of hydrogen-bond donors (Lipinski definition) is 1. The average molecular weight is 402 g/mol. The minimum Gasteiger partial charge on any atom is -0.496 e. The molecule has 0 amide bonds. The first-order chi connectivity index (χ1) is 9.58. The van der Waals surface area contributed by atoms with Crippen LogP contribution in [-0.2, 0) is 0 Å². The molecule has 3 nitrogen and oxygen atoms in total. The predicted molar refractivity (Wildman–Crippen MR) is 85.4 cm³/mol. The molecule has 0 fully saturated rings. The van der Waals surface area contributed by atoms with E-state index in [2.05, 4.69) is 31.9 Å². The lowest BCUT2D eigenvalue weighted by molar-refractivity contribution is 0.208. The van der Waals surface area contributed by atoms with E-state index < -0.39 is 6.10 Å². The minimum atomic E-state index is -0.854. The van der Waals surface area contributed by atoms with Crippen LogP contribution in [0.25, 0.3) is 0 Å². The van der Waals surface area contributed by atoms with Crippen molar-refractivity contribution in [2.24, 2.45) is 0 Å². The van der Waals surface area contributed by atoms with Crippen molar-refractivity contribution in [3.63, 3.8) is 0 Å². The Morgan fingerprint density at radius 1 is 1.00 bits per heavy atom. The molecular formula is C15H14Br2O3. The van der Waals surface area contributed by atoms with Crippen molar-refractivity contribution >= 4 is 31.9 Å². The van der Waals surface area contributed by atoms with E-state index in [1.807, 2.05) is 24.3 Å². The summed E-state index contributed by atoms with van der Waals surface area (Å²) in [6, 6.07) is 11.1. The Hall–Kier alpha value is -1.04. The van der Waals surface area contributed by atoms with Gasteiger partial charge < -0.3 is 14.6 Å². The van der Waals surface area contributed by atoms with Crippen LogP contribution in [0.1, 0.15) is 17.2 Å². The third kappa shape index (κ3) is 3.00. The molecular weight excluding hydrogens is 388 g/mol. The molecule has 1 N–H and O–H groups in total. The number of rotatable bonds is 4. The second kappa shape index (κ2) is 6.61. The van der Waals surface area contributed by atoms with Gasteiger partial charge in [0.15, 0.2) is 0 Å². The highest BCUT2D eigenvalue weighted by molar-refractivity contribution is 9.11. The van der Waals surface area contributed by atoms with Gasteiger partial charge in [0.1, 0.15) is 17.6 Å². The topological polar surface area (TPSA) is 38.7 Å². The Morgan fingerprint density at radius 3 is 2.15 bits per heavy atom. The zero-order chi connectivity index (χ0) is 14.7. The fourth-order valence-corrected chi connectivity index (χ4v) is 2.87. The van der Waals surface area contributed by atoms with Crippen LogP contribution in [0.3, 0.4) is 0 Å². The molecule has 0 bridgehead atoms. The lowest BCUT2D eigenvalue weighted by Gasteiger charge is -2.19. The SMILES string of the molecule is COc1cccc(OC)c1C(O)c1cc(Br)ccc1Br. The molecule has 0 saturated heterocycles. The van der Waals surface area contributed by atoms with E-state index in [0.717, 1.165) is 14.5 Å². The Bertz CT molecular complexity index is 592. The third-order valence-electron chi connectivity index (χ3n) is 2.99. The molecule has 0 spiro atoms. The van der Waals surface area contributed by atoms with E-state index in [0.29, 0.717) is 17.1 Å². The lowest BCUT2D eigenvalue weighted by Crippen LogP contribution is -2.05. The van der Waals surface area contributed by atoms with Crippen LogP contribution in [0.5, 0.6) is 11.5 Å². The van der Waals surface area contributed by atoms with E-state index in [9.17, 15) is 5.11 Å². The third-order valence-corrected chi connectivity index (χ3v) is 4.21. The van der Waals surface area contributed by atoms with Crippen LogP contribution < -0.4 is 9.47 Å². The summed E-state index contributed by atoms with van der Waals surface area (Å²) >= 11 is 6.87. The average Bonchev–Trinajstić information content (AvgIpc) is 2.48. The van der Waals surface area contributed by atoms with Crippen molar-refractivity contribution in [2.45, 2.75) is 6.10 Å². The molecule has 0 saturated carbocycles. The maximum Gasteiger partial charge on any atom is 0.128 e. The van der Waals surface area contributed by atoms with Gasteiger partial charge in [-0.15, -0.1) is 0 Å². The summed E-state index contributed by atoms with van der Waals surface area (Å²) in [5.41, 5.74) is 1.35. The molecule has 5 heteroatoms. The van der Waals surface area contributed by atoms with E-state index in [1.165, 1.54) is 0 Å². The quantitative estimate of drug-likeness (QED) is 0.829. The molecule has 1 atom stereocenters. The number of methoxy groups -OCH3 is 2. The Kier molecular flexibility index (Phi) is 5.07. The number of benzene rings is 2. The smallest absolute Gasteiger partial charge is 0.128 e. The number of aliphatic hydroxyl groups excluding tert-OH is 1. The maximum absolute atomic E-state index is 10.7. The van der Waals surface area contributed by atoms with E-state index in [4.69, 9.17) is 9.47 Å². The maximum atomic E-state index is 10.7. The van der Waals surface area contributed by atoms with Crippen LogP contribution in [0.2, 0.25) is 0 Å². The Labute approximate surface area is 134 Å². The normalized spacial score (nSPS) is 12.1. The van der Waals surface area contributed by atoms with E-state index >= 15 is 0 Å². The summed E-state index contributed by atoms with van der Waals surface area (Å²) in [5, 5.41) is 10.7. The van der Waals surface area contributed by atoms with Crippen molar-refractivity contribution in [3.05, 3.63) is 56.5 Å². The highest BCUT2D eigenvalue weighted by Gasteiger charge is 2.22. The summed E-state index contributed by atoms with van der Waals surface area (Å²) < 4.78 is 12.4. The van der Waals surface area contributed by atoms with Crippen LogP contribution in [0, 0.1) is 0 Å². The molecule has 0 radical (unpaired) electrons. The monoisotopic (exact) mass is 400 g/mol. The molecule has 0 aliphatic heterocycles. The minimum absolute atomic E-state index is 0.587. The van der Waals surface area contributed by atoms with Gasteiger partial charge in [-0.1, -0.05) is 37.9 Å². The van der Waals surface area contributed by atoms with Gasteiger partial charge in [0.25, 0.3) is 0 Å². The van der Waals surface area contributed by atoms with Crippen molar-refractivity contribution in [3.8, 4) is 11.5 Å². The summed E-state index contributed by atoms with van der Waals surface area (Å²) in [7, 11) is 3.14. The molecule has 2 aromatic rings. The first kappa shape index (κ1) is 15.4. The molecule has 1 unspecified atom stereocenters. The van der Waals surface area contributed by atoms with E-state index in [-0.39, 0.29) is 0 Å². The van der Waals surface area contributed by atoms with E-state index in [1.54, 1.807) is 26.4 Å². The molecule has 0 aliphatic rings. The van der Waals surface area contributed by atoms with Gasteiger partial charge in [-0.3, -0.25) is 0 Å². The van der Waals surface area contributed by atoms with Crippen molar-refractivity contribution < 1.29 is 14.6 Å². The first-order valence-corrected chi connectivity index (χ1v) is 7.51. The Morgan fingerprint density at radius 2 is 1.60 bits per heavy atom. The fraction of sp³-hybridized carbons (Fsp3) is 0.200. The second-order valence-electron chi connectivity index (χ2n) is 4.14. The highest BCUT2D eigenvalue weighted by Crippen LogP contribution is 2.40. The lowest BCUT2D eigenvalue weighted by atomic mass is 9.99. The zero-order valence-corrected chi connectivity index (χ0v) is 14.2. The van der Waals surface area contributed by atoms with Gasteiger partial charge in [-0.25, -0.2) is 0 Å². The van der Waals surface area contributed by atoms with Gasteiger partial charge in [-0.05, 0) is 30.3 Å². The molecule has 2 rings (SSSR count). The van der Waals surface area contributed by atoms with Crippen LogP contribution in [-0.4, -0.2) is 19.3 Å². The van der Waals surface area contributed by atoms with Crippen LogP contribution in [0.15, 0.2) is 45.3 Å². The first-order valence-electron chi connectivity index (χ1n) is 5.92. The number of aliphatic hydroxyl groups is 1. The number of ether oxygens (including phenoxy) is 2. The molecule has 106 valence electrons.